The number of aryl methyl sites for hydroxylation is 1. The zero-order valence-electron chi connectivity index (χ0n) is 8.50. The van der Waals surface area contributed by atoms with Crippen molar-refractivity contribution in [2.75, 3.05) is 0 Å². The molecule has 1 fully saturated rings. The fourth-order valence-electron chi connectivity index (χ4n) is 2.51. The number of aliphatic hydroxyl groups is 1. The molecule has 3 nitrogen and oxygen atoms in total. The van der Waals surface area contributed by atoms with Gasteiger partial charge in [-0.25, -0.2) is 0 Å². The lowest BCUT2D eigenvalue weighted by molar-refractivity contribution is 0.174. The lowest BCUT2D eigenvalue weighted by atomic mass is 9.85. The molecule has 1 aliphatic rings. The smallest absolute Gasteiger partial charge is 0.0635 e. The van der Waals surface area contributed by atoms with Gasteiger partial charge < -0.3 is 5.11 Å². The number of aromatic nitrogens is 2. The molecule has 0 aromatic carbocycles. The zero-order chi connectivity index (χ0) is 10.3. The second-order valence-electron chi connectivity index (χ2n) is 4.42. The second-order valence-corrected chi connectivity index (χ2v) is 5.28. The molecule has 2 rings (SSSR count). The van der Waals surface area contributed by atoms with Crippen molar-refractivity contribution in [3.8, 4) is 0 Å². The van der Waals surface area contributed by atoms with Gasteiger partial charge in [-0.1, -0.05) is 6.92 Å². The van der Waals surface area contributed by atoms with Gasteiger partial charge in [-0.2, -0.15) is 5.10 Å². The van der Waals surface area contributed by atoms with Crippen molar-refractivity contribution in [3.05, 3.63) is 16.4 Å². The standard InChI is InChI=1S/C10H15BrN2O/c1-10(4-3-7(14)5-10)9-8(11)6-12-13(9)2/h6-7,14H,3-5H2,1-2H3. The molecule has 1 aromatic heterocycles. The largest absolute Gasteiger partial charge is 0.393 e. The number of aliphatic hydroxyl groups excluding tert-OH is 1. The maximum absolute atomic E-state index is 9.60. The van der Waals surface area contributed by atoms with Crippen LogP contribution in [0.3, 0.4) is 0 Å². The van der Waals surface area contributed by atoms with Crippen LogP contribution < -0.4 is 0 Å². The Bertz CT molecular complexity index is 330. The first-order valence-corrected chi connectivity index (χ1v) is 5.68. The fraction of sp³-hybridized carbons (Fsp3) is 0.700. The van der Waals surface area contributed by atoms with Crippen LogP contribution >= 0.6 is 15.9 Å². The summed E-state index contributed by atoms with van der Waals surface area (Å²) in [6.45, 7) is 2.20. The number of halogens is 1. The van der Waals surface area contributed by atoms with Crippen LogP contribution in [0.4, 0.5) is 0 Å². The van der Waals surface area contributed by atoms with E-state index in [1.807, 2.05) is 17.9 Å². The quantitative estimate of drug-likeness (QED) is 0.837. The highest BCUT2D eigenvalue weighted by Crippen LogP contribution is 2.43. The van der Waals surface area contributed by atoms with E-state index in [-0.39, 0.29) is 11.5 Å². The van der Waals surface area contributed by atoms with Crippen molar-refractivity contribution in [2.24, 2.45) is 7.05 Å². The van der Waals surface area contributed by atoms with Crippen LogP contribution in [-0.2, 0) is 12.5 Å². The summed E-state index contributed by atoms with van der Waals surface area (Å²) in [6, 6.07) is 0. The first-order chi connectivity index (χ1) is 6.53. The molecule has 0 radical (unpaired) electrons. The molecular formula is C10H15BrN2O. The Morgan fingerprint density at radius 3 is 2.86 bits per heavy atom. The molecule has 0 aliphatic heterocycles. The average Bonchev–Trinajstić information content (AvgIpc) is 2.58. The molecule has 1 N–H and O–H groups in total. The second kappa shape index (κ2) is 3.35. The van der Waals surface area contributed by atoms with Crippen molar-refractivity contribution >= 4 is 15.9 Å². The summed E-state index contributed by atoms with van der Waals surface area (Å²) in [5, 5.41) is 13.8. The Hall–Kier alpha value is -0.350. The van der Waals surface area contributed by atoms with Crippen molar-refractivity contribution in [1.29, 1.82) is 0 Å². The highest BCUT2D eigenvalue weighted by Gasteiger charge is 2.39. The van der Waals surface area contributed by atoms with Gasteiger partial charge in [0.25, 0.3) is 0 Å². The average molecular weight is 259 g/mol. The molecule has 0 amide bonds. The first-order valence-electron chi connectivity index (χ1n) is 4.89. The highest BCUT2D eigenvalue weighted by atomic mass is 79.9. The molecule has 14 heavy (non-hydrogen) atoms. The molecule has 1 aliphatic carbocycles. The Balaban J connectivity index is 2.39. The minimum Gasteiger partial charge on any atom is -0.393 e. The number of hydrogen-bond donors (Lipinski definition) is 1. The van der Waals surface area contributed by atoms with Crippen LogP contribution in [0.15, 0.2) is 10.7 Å². The third-order valence-corrected chi connectivity index (χ3v) is 3.76. The molecule has 0 spiro atoms. The molecule has 4 heteroatoms. The zero-order valence-corrected chi connectivity index (χ0v) is 10.1. The van der Waals surface area contributed by atoms with E-state index in [0.29, 0.717) is 0 Å². The van der Waals surface area contributed by atoms with E-state index in [9.17, 15) is 5.11 Å². The molecule has 0 bridgehead atoms. The van der Waals surface area contributed by atoms with Gasteiger partial charge >= 0.3 is 0 Å². The van der Waals surface area contributed by atoms with Crippen LogP contribution in [0.1, 0.15) is 31.9 Å². The first kappa shape index (κ1) is 10.2. The van der Waals surface area contributed by atoms with E-state index in [1.165, 1.54) is 5.69 Å². The van der Waals surface area contributed by atoms with Crippen molar-refractivity contribution in [3.63, 3.8) is 0 Å². The predicted octanol–water partition coefficient (Wildman–Crippen LogP) is 1.99. The SMILES string of the molecule is Cn1ncc(Br)c1C1(C)CCC(O)C1. The highest BCUT2D eigenvalue weighted by molar-refractivity contribution is 9.10. The van der Waals surface area contributed by atoms with Gasteiger partial charge in [0.15, 0.2) is 0 Å². The van der Waals surface area contributed by atoms with E-state index in [2.05, 4.69) is 28.0 Å². The number of hydrogen-bond acceptors (Lipinski definition) is 2. The van der Waals surface area contributed by atoms with Crippen molar-refractivity contribution in [2.45, 2.75) is 37.7 Å². The number of rotatable bonds is 1. The van der Waals surface area contributed by atoms with Crippen molar-refractivity contribution < 1.29 is 5.11 Å². The summed E-state index contributed by atoms with van der Waals surface area (Å²) in [6.07, 6.45) is 4.44. The van der Waals surface area contributed by atoms with E-state index < -0.39 is 0 Å². The lowest BCUT2D eigenvalue weighted by Gasteiger charge is -2.24. The third-order valence-electron chi connectivity index (χ3n) is 3.18. The van der Waals surface area contributed by atoms with Crippen LogP contribution in [0.5, 0.6) is 0 Å². The van der Waals surface area contributed by atoms with Crippen LogP contribution in [0.25, 0.3) is 0 Å². The van der Waals surface area contributed by atoms with E-state index >= 15 is 0 Å². The van der Waals surface area contributed by atoms with Crippen molar-refractivity contribution in [1.82, 2.24) is 9.78 Å². The minimum atomic E-state index is -0.151. The number of nitrogens with zero attached hydrogens (tertiary/aromatic N) is 2. The van der Waals surface area contributed by atoms with Gasteiger partial charge in [0.05, 0.1) is 22.5 Å². The molecule has 1 heterocycles. The summed E-state index contributed by atoms with van der Waals surface area (Å²) in [4.78, 5) is 0. The lowest BCUT2D eigenvalue weighted by Crippen LogP contribution is -2.23. The Morgan fingerprint density at radius 2 is 2.43 bits per heavy atom. The third kappa shape index (κ3) is 1.50. The summed E-state index contributed by atoms with van der Waals surface area (Å²) in [5.74, 6) is 0. The van der Waals surface area contributed by atoms with Crippen LogP contribution in [0.2, 0.25) is 0 Å². The predicted molar refractivity (Wildman–Crippen MR) is 58.1 cm³/mol. The van der Waals surface area contributed by atoms with Gasteiger partial charge in [0.1, 0.15) is 0 Å². The van der Waals surface area contributed by atoms with E-state index in [0.717, 1.165) is 23.7 Å². The van der Waals surface area contributed by atoms with Gasteiger partial charge in [-0.3, -0.25) is 4.68 Å². The van der Waals surface area contributed by atoms with E-state index in [4.69, 9.17) is 0 Å². The molecule has 78 valence electrons. The normalized spacial score (nSPS) is 32.4. The van der Waals surface area contributed by atoms with E-state index in [1.54, 1.807) is 0 Å². The van der Waals surface area contributed by atoms with Gasteiger partial charge in [0, 0.05) is 12.5 Å². The molecular weight excluding hydrogens is 244 g/mol. The monoisotopic (exact) mass is 258 g/mol. The molecule has 1 saturated carbocycles. The molecule has 2 atom stereocenters. The van der Waals surface area contributed by atoms with Crippen LogP contribution in [0, 0.1) is 0 Å². The topological polar surface area (TPSA) is 38.0 Å². The summed E-state index contributed by atoms with van der Waals surface area (Å²) in [7, 11) is 1.95. The molecule has 0 saturated heterocycles. The molecule has 2 unspecified atom stereocenters. The summed E-state index contributed by atoms with van der Waals surface area (Å²) >= 11 is 3.52. The van der Waals surface area contributed by atoms with Crippen LogP contribution in [-0.4, -0.2) is 21.0 Å². The summed E-state index contributed by atoms with van der Waals surface area (Å²) < 4.78 is 2.96. The maximum atomic E-state index is 9.60. The summed E-state index contributed by atoms with van der Waals surface area (Å²) in [5.41, 5.74) is 1.28. The van der Waals surface area contributed by atoms with Gasteiger partial charge in [-0.05, 0) is 35.2 Å². The van der Waals surface area contributed by atoms with Gasteiger partial charge in [-0.15, -0.1) is 0 Å². The van der Waals surface area contributed by atoms with Gasteiger partial charge in [0.2, 0.25) is 0 Å². The Morgan fingerprint density at radius 1 is 1.71 bits per heavy atom. The maximum Gasteiger partial charge on any atom is 0.0635 e. The minimum absolute atomic E-state index is 0.0729. The Labute approximate surface area is 92.2 Å². The fourth-order valence-corrected chi connectivity index (χ4v) is 3.34. The Kier molecular flexibility index (Phi) is 2.43. The molecule has 1 aromatic rings.